The zero-order valence-corrected chi connectivity index (χ0v) is 14.4. The molecule has 24 heavy (non-hydrogen) atoms. The average molecular weight is 327 g/mol. The molecule has 1 aromatic rings. The van der Waals surface area contributed by atoms with E-state index in [1.165, 1.54) is 12.0 Å². The van der Waals surface area contributed by atoms with Gasteiger partial charge in [0.25, 0.3) is 0 Å². The molecule has 4 atom stereocenters. The van der Waals surface area contributed by atoms with E-state index in [4.69, 9.17) is 5.73 Å². The van der Waals surface area contributed by atoms with Crippen molar-refractivity contribution in [2.45, 2.75) is 38.3 Å². The van der Waals surface area contributed by atoms with Crippen LogP contribution in [0.3, 0.4) is 0 Å². The molecule has 130 valence electrons. The van der Waals surface area contributed by atoms with Crippen LogP contribution >= 0.6 is 0 Å². The number of benzene rings is 1. The SMILES string of the molecule is NC1CCC2CN(C(=O)C3CCCN(Cc4ccccc4)C3)CC12. The number of carbonyl (C=O) groups is 1. The maximum atomic E-state index is 13.0. The second-order valence-corrected chi connectivity index (χ2v) is 7.97. The van der Waals surface area contributed by atoms with E-state index in [1.54, 1.807) is 0 Å². The number of piperidine rings is 1. The largest absolute Gasteiger partial charge is 0.342 e. The number of hydrogen-bond donors (Lipinski definition) is 1. The van der Waals surface area contributed by atoms with Crippen LogP contribution in [-0.2, 0) is 11.3 Å². The fourth-order valence-electron chi connectivity index (χ4n) is 4.99. The van der Waals surface area contributed by atoms with Crippen molar-refractivity contribution in [1.29, 1.82) is 0 Å². The third kappa shape index (κ3) is 3.22. The summed E-state index contributed by atoms with van der Waals surface area (Å²) < 4.78 is 0. The van der Waals surface area contributed by atoms with Crippen molar-refractivity contribution in [2.75, 3.05) is 26.2 Å². The lowest BCUT2D eigenvalue weighted by Gasteiger charge is -2.34. The van der Waals surface area contributed by atoms with Gasteiger partial charge in [-0.3, -0.25) is 9.69 Å². The highest BCUT2D eigenvalue weighted by Gasteiger charge is 2.43. The van der Waals surface area contributed by atoms with E-state index in [0.29, 0.717) is 23.8 Å². The Hall–Kier alpha value is -1.39. The summed E-state index contributed by atoms with van der Waals surface area (Å²) in [6.07, 6.45) is 4.53. The summed E-state index contributed by atoms with van der Waals surface area (Å²) in [5.41, 5.74) is 7.56. The summed E-state index contributed by atoms with van der Waals surface area (Å²) in [5.74, 6) is 1.78. The fourth-order valence-corrected chi connectivity index (χ4v) is 4.99. The minimum absolute atomic E-state index is 0.178. The van der Waals surface area contributed by atoms with Crippen LogP contribution < -0.4 is 5.73 Å². The smallest absolute Gasteiger partial charge is 0.226 e. The summed E-state index contributed by atoms with van der Waals surface area (Å²) in [5, 5.41) is 0. The van der Waals surface area contributed by atoms with Gasteiger partial charge >= 0.3 is 0 Å². The number of nitrogens with two attached hydrogens (primary N) is 1. The predicted molar refractivity (Wildman–Crippen MR) is 95.2 cm³/mol. The maximum Gasteiger partial charge on any atom is 0.226 e. The molecule has 2 N–H and O–H groups in total. The Morgan fingerprint density at radius 1 is 1.08 bits per heavy atom. The van der Waals surface area contributed by atoms with Gasteiger partial charge in [-0.05, 0) is 49.6 Å². The lowest BCUT2D eigenvalue weighted by atomic mass is 9.96. The second kappa shape index (κ2) is 6.85. The number of carbonyl (C=O) groups excluding carboxylic acids is 1. The third-order valence-corrected chi connectivity index (χ3v) is 6.33. The predicted octanol–water partition coefficient (Wildman–Crippen LogP) is 2.09. The molecule has 4 unspecified atom stereocenters. The number of likely N-dealkylation sites (tertiary alicyclic amines) is 2. The highest BCUT2D eigenvalue weighted by molar-refractivity contribution is 5.79. The van der Waals surface area contributed by atoms with Crippen molar-refractivity contribution < 1.29 is 4.79 Å². The van der Waals surface area contributed by atoms with Crippen molar-refractivity contribution in [3.63, 3.8) is 0 Å². The van der Waals surface area contributed by atoms with E-state index in [0.717, 1.165) is 52.0 Å². The van der Waals surface area contributed by atoms with E-state index < -0.39 is 0 Å². The molecule has 1 aromatic carbocycles. The monoisotopic (exact) mass is 327 g/mol. The number of fused-ring (bicyclic) bond motifs is 1. The molecule has 1 amide bonds. The van der Waals surface area contributed by atoms with Crippen LogP contribution in [0, 0.1) is 17.8 Å². The summed E-state index contributed by atoms with van der Waals surface area (Å²) in [6.45, 7) is 4.83. The molecule has 2 heterocycles. The van der Waals surface area contributed by atoms with Crippen molar-refractivity contribution in [3.05, 3.63) is 35.9 Å². The van der Waals surface area contributed by atoms with Crippen LogP contribution in [0.2, 0.25) is 0 Å². The lowest BCUT2D eigenvalue weighted by Crippen LogP contribution is -2.44. The van der Waals surface area contributed by atoms with E-state index in [9.17, 15) is 4.79 Å². The normalized spacial score (nSPS) is 33.6. The average Bonchev–Trinajstić information content (AvgIpc) is 3.18. The standard InChI is InChI=1S/C20H29N3O/c21-19-9-8-16-13-23(14-18(16)19)20(24)17-7-4-10-22(12-17)11-15-5-2-1-3-6-15/h1-3,5-6,16-19H,4,7-14,21H2. The topological polar surface area (TPSA) is 49.6 Å². The first kappa shape index (κ1) is 16.1. The van der Waals surface area contributed by atoms with E-state index >= 15 is 0 Å². The van der Waals surface area contributed by atoms with Crippen molar-refractivity contribution in [2.24, 2.45) is 23.5 Å². The Kier molecular flexibility index (Phi) is 4.59. The molecule has 3 fully saturated rings. The van der Waals surface area contributed by atoms with E-state index in [2.05, 4.69) is 40.1 Å². The van der Waals surface area contributed by atoms with Gasteiger partial charge in [-0.2, -0.15) is 0 Å². The number of amides is 1. The molecule has 4 heteroatoms. The Morgan fingerprint density at radius 2 is 1.92 bits per heavy atom. The minimum atomic E-state index is 0.178. The van der Waals surface area contributed by atoms with Crippen LogP contribution in [0.4, 0.5) is 0 Å². The molecule has 2 saturated heterocycles. The van der Waals surface area contributed by atoms with Crippen LogP contribution in [0.5, 0.6) is 0 Å². The van der Waals surface area contributed by atoms with Gasteiger partial charge in [0, 0.05) is 32.2 Å². The van der Waals surface area contributed by atoms with Gasteiger partial charge in [0.05, 0.1) is 5.92 Å². The number of rotatable bonds is 3. The first-order chi connectivity index (χ1) is 11.7. The molecular weight excluding hydrogens is 298 g/mol. The quantitative estimate of drug-likeness (QED) is 0.925. The first-order valence-corrected chi connectivity index (χ1v) is 9.51. The van der Waals surface area contributed by atoms with Gasteiger partial charge in [-0.25, -0.2) is 0 Å². The summed E-state index contributed by atoms with van der Waals surface area (Å²) >= 11 is 0. The molecule has 1 aliphatic carbocycles. The zero-order chi connectivity index (χ0) is 16.5. The molecular formula is C20H29N3O. The third-order valence-electron chi connectivity index (χ3n) is 6.33. The zero-order valence-electron chi connectivity index (χ0n) is 14.4. The van der Waals surface area contributed by atoms with Crippen molar-refractivity contribution >= 4 is 5.91 Å². The molecule has 0 spiro atoms. The van der Waals surface area contributed by atoms with E-state index in [-0.39, 0.29) is 5.92 Å². The van der Waals surface area contributed by atoms with Crippen molar-refractivity contribution in [3.8, 4) is 0 Å². The summed E-state index contributed by atoms with van der Waals surface area (Å²) in [7, 11) is 0. The summed E-state index contributed by atoms with van der Waals surface area (Å²) in [4.78, 5) is 17.6. The van der Waals surface area contributed by atoms with Gasteiger partial charge in [-0.1, -0.05) is 30.3 Å². The molecule has 1 saturated carbocycles. The fraction of sp³-hybridized carbons (Fsp3) is 0.650. The number of nitrogens with zero attached hydrogens (tertiary/aromatic N) is 2. The van der Waals surface area contributed by atoms with Gasteiger partial charge in [-0.15, -0.1) is 0 Å². The van der Waals surface area contributed by atoms with Gasteiger partial charge in [0.1, 0.15) is 0 Å². The van der Waals surface area contributed by atoms with Crippen LogP contribution in [-0.4, -0.2) is 47.9 Å². The molecule has 4 rings (SSSR count). The van der Waals surface area contributed by atoms with Crippen LogP contribution in [0.15, 0.2) is 30.3 Å². The molecule has 0 bridgehead atoms. The Bertz CT molecular complexity index is 576. The Morgan fingerprint density at radius 3 is 2.71 bits per heavy atom. The molecule has 0 aromatic heterocycles. The maximum absolute atomic E-state index is 13.0. The van der Waals surface area contributed by atoms with Gasteiger partial charge in [0.15, 0.2) is 0 Å². The Labute approximate surface area is 145 Å². The lowest BCUT2D eigenvalue weighted by molar-refractivity contribution is -0.136. The number of hydrogen-bond acceptors (Lipinski definition) is 3. The molecule has 4 nitrogen and oxygen atoms in total. The molecule has 2 aliphatic heterocycles. The molecule has 0 radical (unpaired) electrons. The highest BCUT2D eigenvalue weighted by Crippen LogP contribution is 2.38. The van der Waals surface area contributed by atoms with Gasteiger partial charge in [0.2, 0.25) is 5.91 Å². The van der Waals surface area contributed by atoms with Gasteiger partial charge < -0.3 is 10.6 Å². The van der Waals surface area contributed by atoms with Crippen LogP contribution in [0.25, 0.3) is 0 Å². The van der Waals surface area contributed by atoms with E-state index in [1.807, 2.05) is 0 Å². The second-order valence-electron chi connectivity index (χ2n) is 7.97. The highest BCUT2D eigenvalue weighted by atomic mass is 16.2. The Balaban J connectivity index is 1.35. The summed E-state index contributed by atoms with van der Waals surface area (Å²) in [6, 6.07) is 10.9. The van der Waals surface area contributed by atoms with Crippen LogP contribution in [0.1, 0.15) is 31.2 Å². The van der Waals surface area contributed by atoms with Crippen molar-refractivity contribution in [1.82, 2.24) is 9.80 Å². The minimum Gasteiger partial charge on any atom is -0.342 e. The first-order valence-electron chi connectivity index (χ1n) is 9.51. The molecule has 3 aliphatic rings.